The number of anilines is 2. The maximum atomic E-state index is 12.2. The van der Waals surface area contributed by atoms with Crippen LogP contribution in [0.25, 0.3) is 11.5 Å². The summed E-state index contributed by atoms with van der Waals surface area (Å²) >= 11 is 0. The fourth-order valence-electron chi connectivity index (χ4n) is 2.55. The molecule has 3 aromatic rings. The van der Waals surface area contributed by atoms with E-state index in [1.807, 2.05) is 0 Å². The van der Waals surface area contributed by atoms with Gasteiger partial charge in [0.1, 0.15) is 12.1 Å². The number of carbonyl (C=O) groups excluding carboxylic acids is 2. The van der Waals surface area contributed by atoms with Gasteiger partial charge in [-0.15, -0.1) is 0 Å². The Balaban J connectivity index is 0.000000419. The van der Waals surface area contributed by atoms with Gasteiger partial charge < -0.3 is 25.9 Å². The number of rotatable bonds is 4. The van der Waals surface area contributed by atoms with Gasteiger partial charge in [0, 0.05) is 38.2 Å². The third-order valence-corrected chi connectivity index (χ3v) is 3.90. The second-order valence-corrected chi connectivity index (χ2v) is 6.21. The molecule has 4 heterocycles. The molecule has 0 aromatic carbocycles. The Morgan fingerprint density at radius 3 is 2.66 bits per heavy atom. The predicted molar refractivity (Wildman–Crippen MR) is 104 cm³/mol. The molecule has 11 nitrogen and oxygen atoms in total. The molecular weight excluding hydrogens is 378 g/mol. The number of nitrogen functional groups attached to an aromatic ring is 1. The Morgan fingerprint density at radius 1 is 1.28 bits per heavy atom. The van der Waals surface area contributed by atoms with Crippen molar-refractivity contribution in [2.24, 2.45) is 12.8 Å². The Bertz CT molecular complexity index is 1000. The largest absolute Gasteiger partial charge is 0.444 e. The molecule has 5 N–H and O–H groups in total. The Morgan fingerprint density at radius 2 is 2.03 bits per heavy atom. The van der Waals surface area contributed by atoms with Crippen molar-refractivity contribution in [3.63, 3.8) is 0 Å². The zero-order valence-corrected chi connectivity index (χ0v) is 15.8. The summed E-state index contributed by atoms with van der Waals surface area (Å²) in [7, 11) is 1.60. The van der Waals surface area contributed by atoms with Gasteiger partial charge in [0.15, 0.2) is 11.4 Å². The summed E-state index contributed by atoms with van der Waals surface area (Å²) in [4.78, 5) is 31.5. The summed E-state index contributed by atoms with van der Waals surface area (Å²) in [5, 5.41) is 6.40. The van der Waals surface area contributed by atoms with Crippen LogP contribution in [0.2, 0.25) is 0 Å². The van der Waals surface area contributed by atoms with Crippen molar-refractivity contribution in [1.29, 1.82) is 0 Å². The fraction of sp³-hybridized carbons (Fsp3) is 0.278. The number of nitrogens with zero attached hydrogens (tertiary/aromatic N) is 4. The second kappa shape index (κ2) is 8.97. The molecule has 1 aliphatic heterocycles. The number of aryl methyl sites for hydroxylation is 1. The quantitative estimate of drug-likeness (QED) is 0.589. The number of ether oxygens (including phenoxy) is 1. The van der Waals surface area contributed by atoms with Crippen molar-refractivity contribution in [3.8, 4) is 11.5 Å². The van der Waals surface area contributed by atoms with Gasteiger partial charge in [-0.25, -0.2) is 9.97 Å². The van der Waals surface area contributed by atoms with Crippen LogP contribution in [0.5, 0.6) is 0 Å². The lowest BCUT2D eigenvalue weighted by molar-refractivity contribution is 0.0995. The highest BCUT2D eigenvalue weighted by Crippen LogP contribution is 2.20. The van der Waals surface area contributed by atoms with E-state index in [2.05, 4.69) is 20.4 Å². The number of hydrogen-bond donors (Lipinski definition) is 3. The van der Waals surface area contributed by atoms with Crippen LogP contribution in [-0.4, -0.2) is 44.8 Å². The molecule has 3 aromatic heterocycles. The Hall–Kier alpha value is -3.73. The second-order valence-electron chi connectivity index (χ2n) is 6.21. The van der Waals surface area contributed by atoms with E-state index in [0.29, 0.717) is 11.4 Å². The maximum Gasteiger partial charge on any atom is 0.277 e. The van der Waals surface area contributed by atoms with Gasteiger partial charge in [0.25, 0.3) is 11.8 Å². The normalized spacial score (nSPS) is 12.9. The molecule has 0 bridgehead atoms. The van der Waals surface area contributed by atoms with Crippen LogP contribution in [-0.2, 0) is 11.8 Å². The van der Waals surface area contributed by atoms with Crippen molar-refractivity contribution in [2.75, 3.05) is 24.3 Å². The first-order chi connectivity index (χ1) is 13.9. The number of amides is 2. The number of hydrogen-bond acceptors (Lipinski definition) is 8. The molecule has 0 atom stereocenters. The van der Waals surface area contributed by atoms with Crippen LogP contribution in [0.4, 0.5) is 11.5 Å². The van der Waals surface area contributed by atoms with Crippen molar-refractivity contribution in [2.45, 2.75) is 12.8 Å². The lowest BCUT2D eigenvalue weighted by Crippen LogP contribution is -2.18. The molecule has 152 valence electrons. The molecule has 11 heteroatoms. The minimum absolute atomic E-state index is 0.0275. The van der Waals surface area contributed by atoms with Crippen LogP contribution in [0.1, 0.15) is 33.8 Å². The lowest BCUT2D eigenvalue weighted by Gasteiger charge is -2.00. The first kappa shape index (κ1) is 20.0. The van der Waals surface area contributed by atoms with Crippen LogP contribution in [0.15, 0.2) is 35.2 Å². The van der Waals surface area contributed by atoms with Gasteiger partial charge in [-0.1, -0.05) is 0 Å². The molecule has 4 rings (SSSR count). The molecule has 1 fully saturated rings. The minimum Gasteiger partial charge on any atom is -0.444 e. The van der Waals surface area contributed by atoms with Gasteiger partial charge >= 0.3 is 0 Å². The molecule has 0 radical (unpaired) electrons. The molecule has 1 aliphatic rings. The third kappa shape index (κ3) is 5.17. The van der Waals surface area contributed by atoms with Gasteiger partial charge in [-0.2, -0.15) is 5.10 Å². The first-order valence-electron chi connectivity index (χ1n) is 8.84. The molecule has 0 unspecified atom stereocenters. The van der Waals surface area contributed by atoms with E-state index in [0.717, 1.165) is 13.2 Å². The van der Waals surface area contributed by atoms with Gasteiger partial charge in [0.05, 0.1) is 5.69 Å². The molecule has 2 amide bonds. The molecular formula is C18H21N7O4. The van der Waals surface area contributed by atoms with E-state index in [-0.39, 0.29) is 23.0 Å². The van der Waals surface area contributed by atoms with E-state index in [9.17, 15) is 9.59 Å². The number of nitrogens with two attached hydrogens (primary N) is 2. The average Bonchev–Trinajstić information content (AvgIpc) is 3.44. The summed E-state index contributed by atoms with van der Waals surface area (Å²) in [5.41, 5.74) is 11.6. The summed E-state index contributed by atoms with van der Waals surface area (Å²) in [6.45, 7) is 2.00. The number of primary amides is 1. The molecule has 0 saturated carbocycles. The number of aromatic nitrogens is 4. The maximum absolute atomic E-state index is 12.2. The van der Waals surface area contributed by atoms with E-state index in [1.165, 1.54) is 36.2 Å². The number of carbonyl (C=O) groups is 2. The topological polar surface area (TPSA) is 164 Å². The van der Waals surface area contributed by atoms with Gasteiger partial charge in [0.2, 0.25) is 5.89 Å². The lowest BCUT2D eigenvalue weighted by atomic mass is 10.2. The van der Waals surface area contributed by atoms with Crippen LogP contribution >= 0.6 is 0 Å². The minimum atomic E-state index is -0.751. The summed E-state index contributed by atoms with van der Waals surface area (Å²) in [6, 6.07) is 3.22. The number of nitrogens with one attached hydrogen (secondary N) is 1. The highest BCUT2D eigenvalue weighted by molar-refractivity contribution is 6.07. The molecule has 29 heavy (non-hydrogen) atoms. The standard InChI is InChI=1S/C14H13N7O3.C4H8O/c1-21-5-8(11(20-21)12(16)22)18-13(23)9-6-24-14(19-9)7-2-3-17-10(15)4-7;1-2-4-5-3-1/h2-6H,1H3,(H2,15,17)(H2,16,22)(H,18,23);1-4H2. The van der Waals surface area contributed by atoms with Gasteiger partial charge in [-0.3, -0.25) is 14.3 Å². The SMILES string of the molecule is C1CCOC1.Cn1cc(NC(=O)c2coc(-c3ccnc(N)c3)n2)c(C(N)=O)n1. The molecule has 0 spiro atoms. The Labute approximate surface area is 166 Å². The van der Waals surface area contributed by atoms with Crippen LogP contribution in [0.3, 0.4) is 0 Å². The fourth-order valence-corrected chi connectivity index (χ4v) is 2.55. The number of pyridine rings is 1. The summed E-state index contributed by atoms with van der Waals surface area (Å²) < 4.78 is 11.6. The van der Waals surface area contributed by atoms with Crippen LogP contribution in [0, 0.1) is 0 Å². The van der Waals surface area contributed by atoms with Crippen molar-refractivity contribution < 1.29 is 18.7 Å². The van der Waals surface area contributed by atoms with Crippen LogP contribution < -0.4 is 16.8 Å². The van der Waals surface area contributed by atoms with Crippen molar-refractivity contribution >= 4 is 23.3 Å². The van der Waals surface area contributed by atoms with E-state index in [1.54, 1.807) is 19.2 Å². The zero-order chi connectivity index (χ0) is 20.8. The monoisotopic (exact) mass is 399 g/mol. The highest BCUT2D eigenvalue weighted by Gasteiger charge is 2.19. The molecule has 1 saturated heterocycles. The average molecular weight is 399 g/mol. The summed E-state index contributed by atoms with van der Waals surface area (Å²) in [6.07, 6.45) is 6.72. The predicted octanol–water partition coefficient (Wildman–Crippen LogP) is 1.20. The van der Waals surface area contributed by atoms with Gasteiger partial charge in [-0.05, 0) is 25.0 Å². The third-order valence-electron chi connectivity index (χ3n) is 3.90. The van der Waals surface area contributed by atoms with E-state index >= 15 is 0 Å². The van der Waals surface area contributed by atoms with E-state index < -0.39 is 11.8 Å². The molecule has 0 aliphatic carbocycles. The first-order valence-corrected chi connectivity index (χ1v) is 8.84. The Kier molecular flexibility index (Phi) is 6.19. The highest BCUT2D eigenvalue weighted by atomic mass is 16.5. The summed E-state index contributed by atoms with van der Waals surface area (Å²) in [5.74, 6) is -0.796. The van der Waals surface area contributed by atoms with Crippen molar-refractivity contribution in [3.05, 3.63) is 42.2 Å². The smallest absolute Gasteiger partial charge is 0.277 e. The van der Waals surface area contributed by atoms with E-state index in [4.69, 9.17) is 20.6 Å². The van der Waals surface area contributed by atoms with Crippen molar-refractivity contribution in [1.82, 2.24) is 19.7 Å². The zero-order valence-electron chi connectivity index (χ0n) is 15.8. The number of oxazole rings is 1.